The van der Waals surface area contributed by atoms with E-state index in [1.54, 1.807) is 30.3 Å². The first-order chi connectivity index (χ1) is 13.7. The second kappa shape index (κ2) is 8.32. The van der Waals surface area contributed by atoms with Crippen LogP contribution in [0.5, 0.6) is 0 Å². The number of carbonyl (C=O) groups is 1. The molecule has 1 aromatic carbocycles. The van der Waals surface area contributed by atoms with Crippen LogP contribution in [0, 0.1) is 6.92 Å². The molecule has 0 spiro atoms. The van der Waals surface area contributed by atoms with Crippen LogP contribution in [0.4, 0.5) is 0 Å². The zero-order chi connectivity index (χ0) is 19.5. The quantitative estimate of drug-likeness (QED) is 0.361. The lowest BCUT2D eigenvalue weighted by Gasteiger charge is -2.05. The Morgan fingerprint density at radius 3 is 3.00 bits per heavy atom. The van der Waals surface area contributed by atoms with Crippen LogP contribution in [-0.4, -0.2) is 32.5 Å². The minimum absolute atomic E-state index is 0.0836. The fourth-order valence-electron chi connectivity index (χ4n) is 3.34. The van der Waals surface area contributed by atoms with Gasteiger partial charge in [0, 0.05) is 37.2 Å². The molecule has 0 bridgehead atoms. The van der Waals surface area contributed by atoms with Gasteiger partial charge in [0.15, 0.2) is 0 Å². The Morgan fingerprint density at radius 1 is 1.25 bits per heavy atom. The third-order valence-corrected chi connectivity index (χ3v) is 6.71. The fraction of sp³-hybridized carbons (Fsp3) is 0.286. The number of pyridine rings is 1. The fourth-order valence-corrected chi connectivity index (χ4v) is 5.20. The molecule has 0 aliphatic heterocycles. The Bertz CT molecular complexity index is 1130. The molecule has 0 aliphatic rings. The summed E-state index contributed by atoms with van der Waals surface area (Å²) in [5.74, 6) is 0.946. The molecular formula is C21H22N4OS2. The Kier molecular flexibility index (Phi) is 5.64. The molecule has 3 aromatic heterocycles. The molecule has 5 nitrogen and oxygen atoms in total. The Hall–Kier alpha value is -2.38. The first kappa shape index (κ1) is 19.0. The van der Waals surface area contributed by atoms with Crippen molar-refractivity contribution in [3.8, 4) is 0 Å². The molecule has 0 saturated heterocycles. The van der Waals surface area contributed by atoms with E-state index in [1.807, 2.05) is 18.2 Å². The zero-order valence-electron chi connectivity index (χ0n) is 15.9. The number of thioether (sulfide) groups is 1. The number of rotatable bonds is 7. The number of amides is 1. The monoisotopic (exact) mass is 410 g/mol. The Morgan fingerprint density at radius 2 is 2.14 bits per heavy atom. The summed E-state index contributed by atoms with van der Waals surface area (Å²) >= 11 is 3.28. The molecule has 1 N–H and O–H groups in total. The first-order valence-electron chi connectivity index (χ1n) is 9.30. The molecule has 0 saturated carbocycles. The molecule has 0 atom stereocenters. The number of nitrogens with one attached hydrogen (secondary N) is 1. The van der Waals surface area contributed by atoms with Crippen LogP contribution in [0.25, 0.3) is 15.7 Å². The second-order valence-electron chi connectivity index (χ2n) is 6.67. The van der Waals surface area contributed by atoms with E-state index in [1.165, 1.54) is 15.6 Å². The topological polar surface area (TPSA) is 59.3 Å². The molecule has 7 heteroatoms. The van der Waals surface area contributed by atoms with E-state index in [9.17, 15) is 4.79 Å². The molecular weight excluding hydrogens is 388 g/mol. The molecule has 0 radical (unpaired) electrons. The molecule has 3 heterocycles. The number of fused-ring (bicyclic) bond motifs is 2. The number of hydrogen-bond donors (Lipinski definition) is 1. The number of aromatic nitrogens is 3. The molecule has 1 amide bonds. The first-order valence-corrected chi connectivity index (χ1v) is 11.1. The maximum absolute atomic E-state index is 11.5. The highest BCUT2D eigenvalue weighted by Gasteiger charge is 2.17. The number of carbonyl (C=O) groups excluding carboxylic acids is 1. The second-order valence-corrected chi connectivity index (χ2v) is 8.56. The predicted octanol–water partition coefficient (Wildman–Crippen LogP) is 4.46. The van der Waals surface area contributed by atoms with Crippen molar-refractivity contribution in [3.63, 3.8) is 0 Å². The average molecular weight is 411 g/mol. The standard InChI is InChI=1S/C21H22N4OS2/c1-14-7-5-8-17-20(14)15(24-28-17)13-16-21(27-12-6-10-19(26)22-2)23-18-9-3-4-11-25(16)18/h3-5,7-9,11H,6,10,12-13H2,1-2H3,(H,22,26). The lowest BCUT2D eigenvalue weighted by atomic mass is 10.1. The average Bonchev–Trinajstić information content (AvgIpc) is 3.28. The largest absolute Gasteiger partial charge is 0.359 e. The summed E-state index contributed by atoms with van der Waals surface area (Å²) in [6.07, 6.45) is 4.18. The Labute approximate surface area is 172 Å². The van der Waals surface area contributed by atoms with E-state index in [4.69, 9.17) is 9.36 Å². The van der Waals surface area contributed by atoms with E-state index < -0.39 is 0 Å². The van der Waals surface area contributed by atoms with Gasteiger partial charge < -0.3 is 9.72 Å². The van der Waals surface area contributed by atoms with Crippen molar-refractivity contribution >= 4 is 44.9 Å². The van der Waals surface area contributed by atoms with Gasteiger partial charge in [-0.05, 0) is 48.6 Å². The van der Waals surface area contributed by atoms with Crippen LogP contribution in [-0.2, 0) is 11.2 Å². The molecule has 0 fully saturated rings. The lowest BCUT2D eigenvalue weighted by Crippen LogP contribution is -2.17. The number of imidazole rings is 1. The minimum Gasteiger partial charge on any atom is -0.359 e. The van der Waals surface area contributed by atoms with Gasteiger partial charge in [-0.1, -0.05) is 18.2 Å². The van der Waals surface area contributed by atoms with Gasteiger partial charge in [-0.15, -0.1) is 11.8 Å². The maximum Gasteiger partial charge on any atom is 0.219 e. The summed E-state index contributed by atoms with van der Waals surface area (Å²) in [5, 5.41) is 4.96. The predicted molar refractivity (Wildman–Crippen MR) is 116 cm³/mol. The maximum atomic E-state index is 11.5. The van der Waals surface area contributed by atoms with Crippen LogP contribution < -0.4 is 5.32 Å². The third-order valence-electron chi connectivity index (χ3n) is 4.77. The van der Waals surface area contributed by atoms with Crippen LogP contribution in [0.2, 0.25) is 0 Å². The number of aryl methyl sites for hydroxylation is 1. The zero-order valence-corrected chi connectivity index (χ0v) is 17.6. The molecule has 4 rings (SSSR count). The van der Waals surface area contributed by atoms with Crippen LogP contribution in [0.1, 0.15) is 29.8 Å². The normalized spacial score (nSPS) is 11.4. The highest BCUT2D eigenvalue weighted by Crippen LogP contribution is 2.31. The van der Waals surface area contributed by atoms with E-state index in [-0.39, 0.29) is 5.91 Å². The summed E-state index contributed by atoms with van der Waals surface area (Å²) in [7, 11) is 1.68. The van der Waals surface area contributed by atoms with Crippen molar-refractivity contribution < 1.29 is 4.79 Å². The highest BCUT2D eigenvalue weighted by atomic mass is 32.2. The number of nitrogens with zero attached hydrogens (tertiary/aromatic N) is 3. The van der Waals surface area contributed by atoms with Crippen LogP contribution >= 0.6 is 23.3 Å². The summed E-state index contributed by atoms with van der Waals surface area (Å²) in [6.45, 7) is 2.14. The SMILES string of the molecule is CNC(=O)CCCSc1nc2ccccn2c1Cc1nsc2cccc(C)c12. The summed E-state index contributed by atoms with van der Waals surface area (Å²) in [6, 6.07) is 12.4. The summed E-state index contributed by atoms with van der Waals surface area (Å²) in [5.41, 5.74) is 4.48. The highest BCUT2D eigenvalue weighted by molar-refractivity contribution is 7.99. The summed E-state index contributed by atoms with van der Waals surface area (Å²) < 4.78 is 8.13. The smallest absolute Gasteiger partial charge is 0.219 e. The third kappa shape index (κ3) is 3.77. The lowest BCUT2D eigenvalue weighted by molar-refractivity contribution is -0.120. The van der Waals surface area contributed by atoms with Crippen molar-refractivity contribution in [3.05, 3.63) is 59.5 Å². The number of hydrogen-bond acceptors (Lipinski definition) is 5. The molecule has 4 aromatic rings. The van der Waals surface area contributed by atoms with Crippen molar-refractivity contribution in [1.82, 2.24) is 19.1 Å². The van der Waals surface area contributed by atoms with Crippen LogP contribution in [0.3, 0.4) is 0 Å². The minimum atomic E-state index is 0.0836. The van der Waals surface area contributed by atoms with Crippen LogP contribution in [0.15, 0.2) is 47.6 Å². The van der Waals surface area contributed by atoms with E-state index in [0.29, 0.717) is 6.42 Å². The van der Waals surface area contributed by atoms with Crippen molar-refractivity contribution in [2.75, 3.05) is 12.8 Å². The van der Waals surface area contributed by atoms with E-state index in [0.717, 1.165) is 40.7 Å². The van der Waals surface area contributed by atoms with E-state index in [2.05, 4.69) is 41.0 Å². The molecule has 28 heavy (non-hydrogen) atoms. The number of benzene rings is 1. The van der Waals surface area contributed by atoms with Gasteiger partial charge in [0.05, 0.1) is 16.1 Å². The summed E-state index contributed by atoms with van der Waals surface area (Å²) in [4.78, 5) is 16.3. The van der Waals surface area contributed by atoms with Crippen molar-refractivity contribution in [1.29, 1.82) is 0 Å². The van der Waals surface area contributed by atoms with Gasteiger partial charge >= 0.3 is 0 Å². The van der Waals surface area contributed by atoms with Gasteiger partial charge in [-0.2, -0.15) is 4.37 Å². The van der Waals surface area contributed by atoms with Gasteiger partial charge in [0.1, 0.15) is 10.7 Å². The van der Waals surface area contributed by atoms with Gasteiger partial charge in [-0.3, -0.25) is 4.79 Å². The van der Waals surface area contributed by atoms with E-state index >= 15 is 0 Å². The van der Waals surface area contributed by atoms with Gasteiger partial charge in [0.25, 0.3) is 0 Å². The van der Waals surface area contributed by atoms with Gasteiger partial charge in [-0.25, -0.2) is 4.98 Å². The molecule has 0 unspecified atom stereocenters. The molecule has 0 aliphatic carbocycles. The van der Waals surface area contributed by atoms with Gasteiger partial charge in [0.2, 0.25) is 5.91 Å². The van der Waals surface area contributed by atoms with Crippen molar-refractivity contribution in [2.45, 2.75) is 31.2 Å². The molecule has 144 valence electrons. The van der Waals surface area contributed by atoms with Crippen molar-refractivity contribution in [2.24, 2.45) is 0 Å². The Balaban J connectivity index is 1.64.